The van der Waals surface area contributed by atoms with Crippen molar-refractivity contribution in [1.82, 2.24) is 0 Å². The van der Waals surface area contributed by atoms with Crippen LogP contribution in [0.15, 0.2) is 46.9 Å². The van der Waals surface area contributed by atoms with E-state index in [-0.39, 0.29) is 5.69 Å². The second-order valence-corrected chi connectivity index (χ2v) is 4.40. The highest BCUT2D eigenvalue weighted by atomic mass is 79.9. The lowest BCUT2D eigenvalue weighted by Gasteiger charge is -2.09. The number of nitrogens with one attached hydrogen (secondary N) is 1. The predicted octanol–water partition coefficient (Wildman–Crippen LogP) is 4.34. The molecule has 0 saturated carbocycles. The fraction of sp³-hybridized carbons (Fsp3) is 0.0769. The minimum atomic E-state index is -0.848. The molecule has 0 radical (unpaired) electrons. The fourth-order valence-corrected chi connectivity index (χ4v) is 1.90. The Labute approximate surface area is 107 Å². The van der Waals surface area contributed by atoms with Crippen LogP contribution in [0.1, 0.15) is 5.56 Å². The molecule has 0 atom stereocenters. The average molecular weight is 298 g/mol. The van der Waals surface area contributed by atoms with Crippen molar-refractivity contribution in [3.8, 4) is 0 Å². The van der Waals surface area contributed by atoms with E-state index in [2.05, 4.69) is 21.2 Å². The fourth-order valence-electron chi connectivity index (χ4n) is 1.47. The number of hydrogen-bond acceptors (Lipinski definition) is 1. The topological polar surface area (TPSA) is 12.0 Å². The number of hydrogen-bond donors (Lipinski definition) is 1. The van der Waals surface area contributed by atoms with E-state index in [1.54, 1.807) is 0 Å². The summed E-state index contributed by atoms with van der Waals surface area (Å²) in [5, 5.41) is 2.87. The van der Waals surface area contributed by atoms with E-state index in [1.807, 2.05) is 24.3 Å². The molecule has 0 spiro atoms. The summed E-state index contributed by atoms with van der Waals surface area (Å²) in [6.45, 7) is 0.432. The van der Waals surface area contributed by atoms with Gasteiger partial charge in [-0.1, -0.05) is 40.2 Å². The third-order valence-electron chi connectivity index (χ3n) is 2.38. The van der Waals surface area contributed by atoms with E-state index in [9.17, 15) is 8.78 Å². The molecule has 0 aliphatic rings. The van der Waals surface area contributed by atoms with Crippen molar-refractivity contribution in [2.45, 2.75) is 6.54 Å². The Morgan fingerprint density at radius 3 is 2.53 bits per heavy atom. The van der Waals surface area contributed by atoms with Gasteiger partial charge >= 0.3 is 0 Å². The SMILES string of the molecule is Fc1cccc(NCc2ccccc2Br)c1F. The zero-order chi connectivity index (χ0) is 12.3. The van der Waals surface area contributed by atoms with Gasteiger partial charge in [-0.3, -0.25) is 0 Å². The lowest BCUT2D eigenvalue weighted by molar-refractivity contribution is 0.511. The lowest BCUT2D eigenvalue weighted by Crippen LogP contribution is -2.03. The molecule has 2 aromatic carbocycles. The molecule has 0 aliphatic heterocycles. The number of rotatable bonds is 3. The molecule has 0 aromatic heterocycles. The standard InChI is InChI=1S/C13H10BrF2N/c14-10-5-2-1-4-9(10)8-17-12-7-3-6-11(15)13(12)16/h1-7,17H,8H2. The zero-order valence-corrected chi connectivity index (χ0v) is 10.5. The first-order valence-corrected chi connectivity index (χ1v) is 5.89. The molecule has 88 valence electrons. The van der Waals surface area contributed by atoms with Crippen LogP contribution in [0.5, 0.6) is 0 Å². The minimum Gasteiger partial charge on any atom is -0.378 e. The van der Waals surface area contributed by atoms with E-state index in [0.717, 1.165) is 16.1 Å². The largest absolute Gasteiger partial charge is 0.378 e. The van der Waals surface area contributed by atoms with Crippen molar-refractivity contribution in [1.29, 1.82) is 0 Å². The molecule has 1 N–H and O–H groups in total. The van der Waals surface area contributed by atoms with E-state index in [4.69, 9.17) is 0 Å². The first-order chi connectivity index (χ1) is 8.18. The summed E-state index contributed by atoms with van der Waals surface area (Å²) < 4.78 is 27.3. The van der Waals surface area contributed by atoms with E-state index < -0.39 is 11.6 Å². The van der Waals surface area contributed by atoms with Crippen LogP contribution >= 0.6 is 15.9 Å². The van der Waals surface area contributed by atoms with Crippen molar-refractivity contribution in [2.24, 2.45) is 0 Å². The Hall–Kier alpha value is -1.42. The van der Waals surface area contributed by atoms with Crippen LogP contribution < -0.4 is 5.32 Å². The maximum absolute atomic E-state index is 13.4. The molecule has 2 rings (SSSR count). The van der Waals surface area contributed by atoms with Gasteiger partial charge in [0.25, 0.3) is 0 Å². The molecule has 0 unspecified atom stereocenters. The highest BCUT2D eigenvalue weighted by Gasteiger charge is 2.07. The molecular weight excluding hydrogens is 288 g/mol. The smallest absolute Gasteiger partial charge is 0.181 e. The molecule has 0 bridgehead atoms. The number of anilines is 1. The van der Waals surface area contributed by atoms with Crippen molar-refractivity contribution in [3.05, 3.63) is 64.1 Å². The first kappa shape index (κ1) is 12.0. The zero-order valence-electron chi connectivity index (χ0n) is 8.88. The lowest BCUT2D eigenvalue weighted by atomic mass is 10.2. The molecule has 2 aromatic rings. The Morgan fingerprint density at radius 1 is 1.00 bits per heavy atom. The van der Waals surface area contributed by atoms with E-state index in [1.165, 1.54) is 12.1 Å². The maximum atomic E-state index is 13.4. The van der Waals surface area contributed by atoms with Crippen molar-refractivity contribution in [3.63, 3.8) is 0 Å². The van der Waals surface area contributed by atoms with Crippen LogP contribution in [0, 0.1) is 11.6 Å². The van der Waals surface area contributed by atoms with E-state index in [0.29, 0.717) is 6.54 Å². The van der Waals surface area contributed by atoms with Gasteiger partial charge in [-0.05, 0) is 23.8 Å². The Kier molecular flexibility index (Phi) is 3.74. The molecule has 0 saturated heterocycles. The van der Waals surface area contributed by atoms with Gasteiger partial charge in [-0.2, -0.15) is 0 Å². The Bertz CT molecular complexity index is 529. The summed E-state index contributed by atoms with van der Waals surface area (Å²) in [4.78, 5) is 0. The summed E-state index contributed by atoms with van der Waals surface area (Å²) in [5.74, 6) is -1.69. The molecule has 0 aliphatic carbocycles. The maximum Gasteiger partial charge on any atom is 0.181 e. The quantitative estimate of drug-likeness (QED) is 0.889. The van der Waals surface area contributed by atoms with Gasteiger partial charge in [-0.15, -0.1) is 0 Å². The molecule has 1 nitrogen and oxygen atoms in total. The van der Waals surface area contributed by atoms with Crippen LogP contribution in [-0.4, -0.2) is 0 Å². The van der Waals surface area contributed by atoms with E-state index >= 15 is 0 Å². The molecule has 4 heteroatoms. The third-order valence-corrected chi connectivity index (χ3v) is 3.15. The minimum absolute atomic E-state index is 0.167. The van der Waals surface area contributed by atoms with Crippen molar-refractivity contribution in [2.75, 3.05) is 5.32 Å². The Morgan fingerprint density at radius 2 is 1.76 bits per heavy atom. The molecule has 0 fully saturated rings. The average Bonchev–Trinajstić information content (AvgIpc) is 2.33. The van der Waals surface area contributed by atoms with Gasteiger partial charge in [0.1, 0.15) is 0 Å². The molecular formula is C13H10BrF2N. The van der Waals surface area contributed by atoms with Crippen LogP contribution in [0.25, 0.3) is 0 Å². The predicted molar refractivity (Wildman–Crippen MR) is 67.8 cm³/mol. The summed E-state index contributed by atoms with van der Waals surface area (Å²) in [5.41, 5.74) is 1.15. The van der Waals surface area contributed by atoms with Gasteiger partial charge in [0.2, 0.25) is 0 Å². The van der Waals surface area contributed by atoms with Crippen LogP contribution in [0.2, 0.25) is 0 Å². The van der Waals surface area contributed by atoms with Crippen LogP contribution in [0.3, 0.4) is 0 Å². The normalized spacial score (nSPS) is 10.3. The van der Waals surface area contributed by atoms with Crippen molar-refractivity contribution < 1.29 is 8.78 Å². The first-order valence-electron chi connectivity index (χ1n) is 5.10. The number of benzene rings is 2. The molecule has 0 heterocycles. The monoisotopic (exact) mass is 297 g/mol. The molecule has 17 heavy (non-hydrogen) atoms. The van der Waals surface area contributed by atoms with Crippen LogP contribution in [-0.2, 0) is 6.54 Å². The van der Waals surface area contributed by atoms with Gasteiger partial charge < -0.3 is 5.32 Å². The van der Waals surface area contributed by atoms with Gasteiger partial charge in [0.15, 0.2) is 11.6 Å². The second-order valence-electron chi connectivity index (χ2n) is 3.55. The van der Waals surface area contributed by atoms with Gasteiger partial charge in [0, 0.05) is 11.0 Å². The summed E-state index contributed by atoms with van der Waals surface area (Å²) in [6.07, 6.45) is 0. The molecule has 0 amide bonds. The van der Waals surface area contributed by atoms with Crippen molar-refractivity contribution >= 4 is 21.6 Å². The van der Waals surface area contributed by atoms with Crippen LogP contribution in [0.4, 0.5) is 14.5 Å². The summed E-state index contributed by atoms with van der Waals surface area (Å²) in [6, 6.07) is 11.7. The van der Waals surface area contributed by atoms with Gasteiger partial charge in [0.05, 0.1) is 5.69 Å². The Balaban J connectivity index is 2.13. The third kappa shape index (κ3) is 2.82. The summed E-state index contributed by atoms with van der Waals surface area (Å²) in [7, 11) is 0. The van der Waals surface area contributed by atoms with Gasteiger partial charge in [-0.25, -0.2) is 8.78 Å². The highest BCUT2D eigenvalue weighted by molar-refractivity contribution is 9.10. The number of halogens is 3. The second kappa shape index (κ2) is 5.27. The summed E-state index contributed by atoms with van der Waals surface area (Å²) >= 11 is 3.39. The highest BCUT2D eigenvalue weighted by Crippen LogP contribution is 2.20.